The van der Waals surface area contributed by atoms with Crippen LogP contribution in [0.2, 0.25) is 12.6 Å². The van der Waals surface area contributed by atoms with Crippen LogP contribution < -0.4 is 14.8 Å². The molecule has 2 N–H and O–H groups in total. The zero-order valence-corrected chi connectivity index (χ0v) is 21.5. The second-order valence-electron chi connectivity index (χ2n) is 10.4. The molecular formula is C27H28BFN6O3. The number of phenols is 1. The van der Waals surface area contributed by atoms with Gasteiger partial charge < -0.3 is 19.9 Å². The first kappa shape index (κ1) is 25.3. The minimum atomic E-state index is -0.533. The maximum Gasteiger partial charge on any atom is 0.268 e. The molecule has 0 unspecified atom stereocenters. The molecule has 1 saturated heterocycles. The molecule has 0 atom stereocenters. The fraction of sp³-hybridized carbons (Fsp3) is 0.333. The molecule has 9 nitrogen and oxygen atoms in total. The maximum atomic E-state index is 15.0. The lowest BCUT2D eigenvalue weighted by Gasteiger charge is -2.24. The molecule has 0 radical (unpaired) electrons. The number of hydrogen-bond acceptors (Lipinski definition) is 8. The van der Waals surface area contributed by atoms with E-state index in [-0.39, 0.29) is 29.8 Å². The van der Waals surface area contributed by atoms with Crippen molar-refractivity contribution in [2.24, 2.45) is 0 Å². The third kappa shape index (κ3) is 5.49. The fourth-order valence-electron chi connectivity index (χ4n) is 4.40. The van der Waals surface area contributed by atoms with Crippen LogP contribution in [0.5, 0.6) is 23.1 Å². The molecule has 0 bridgehead atoms. The number of nitrogens with one attached hydrogen (secondary N) is 1. The molecular weight excluding hydrogens is 486 g/mol. The predicted molar refractivity (Wildman–Crippen MR) is 143 cm³/mol. The highest BCUT2D eigenvalue weighted by atomic mass is 19.1. The van der Waals surface area contributed by atoms with Crippen molar-refractivity contribution in [3.05, 3.63) is 54.7 Å². The van der Waals surface area contributed by atoms with Crippen molar-refractivity contribution in [2.75, 3.05) is 5.32 Å². The average molecular weight is 514 g/mol. The van der Waals surface area contributed by atoms with E-state index < -0.39 is 5.82 Å². The first-order valence-electron chi connectivity index (χ1n) is 12.5. The number of hydrogen-bond donors (Lipinski definition) is 2. The van der Waals surface area contributed by atoms with Gasteiger partial charge in [-0.25, -0.2) is 19.6 Å². The van der Waals surface area contributed by atoms with Crippen molar-refractivity contribution in [3.63, 3.8) is 0 Å². The third-order valence-electron chi connectivity index (χ3n) is 6.53. The molecule has 38 heavy (non-hydrogen) atoms. The Morgan fingerprint density at radius 1 is 1.16 bits per heavy atom. The standard InChI is InChI=1S/C27H28BFN6O3/c1-27(2,3)35-11-8-25(34-35)38-18-4-5-21(20(29)12-18)33-26-19-13-24(23(36)14-22(19)31-16-32-26)37-17-6-9-28(15-30)10-7-17/h4-5,8,11-14,16-17,36H,6-7,9-10H2,1-3H3,(H,31,32,33). The molecule has 2 aromatic heterocycles. The fourth-order valence-corrected chi connectivity index (χ4v) is 4.40. The highest BCUT2D eigenvalue weighted by Crippen LogP contribution is 2.37. The van der Waals surface area contributed by atoms with Gasteiger partial charge in [-0.15, -0.1) is 5.10 Å². The van der Waals surface area contributed by atoms with Crippen molar-refractivity contribution < 1.29 is 19.0 Å². The van der Waals surface area contributed by atoms with Crippen molar-refractivity contribution in [3.8, 4) is 29.1 Å². The number of anilines is 2. The summed E-state index contributed by atoms with van der Waals surface area (Å²) in [7, 11) is 0. The van der Waals surface area contributed by atoms with Gasteiger partial charge in [-0.2, -0.15) is 0 Å². The Hall–Kier alpha value is -4.33. The summed E-state index contributed by atoms with van der Waals surface area (Å²) < 4.78 is 28.6. The molecule has 0 saturated carbocycles. The van der Waals surface area contributed by atoms with Crippen LogP contribution in [0.25, 0.3) is 10.9 Å². The number of nitriles is 1. The van der Waals surface area contributed by atoms with E-state index in [1.54, 1.807) is 28.9 Å². The van der Waals surface area contributed by atoms with Gasteiger partial charge in [-0.3, -0.25) is 4.68 Å². The Balaban J connectivity index is 1.35. The summed E-state index contributed by atoms with van der Waals surface area (Å²) >= 11 is 0. The smallest absolute Gasteiger partial charge is 0.268 e. The van der Waals surface area contributed by atoms with Gasteiger partial charge in [-0.05, 0) is 51.8 Å². The first-order chi connectivity index (χ1) is 18.2. The van der Waals surface area contributed by atoms with E-state index in [4.69, 9.17) is 14.7 Å². The molecule has 4 aromatic rings. The molecule has 0 aliphatic carbocycles. The van der Waals surface area contributed by atoms with E-state index in [2.05, 4.69) is 26.4 Å². The van der Waals surface area contributed by atoms with E-state index in [0.717, 1.165) is 25.5 Å². The van der Waals surface area contributed by atoms with Crippen LogP contribution >= 0.6 is 0 Å². The first-order valence-corrected chi connectivity index (χ1v) is 12.5. The number of ether oxygens (including phenoxy) is 2. The number of nitrogens with zero attached hydrogens (tertiary/aromatic N) is 5. The van der Waals surface area contributed by atoms with E-state index in [9.17, 15) is 5.11 Å². The van der Waals surface area contributed by atoms with Crippen LogP contribution in [0.15, 0.2) is 48.9 Å². The maximum absolute atomic E-state index is 15.0. The number of aromatic nitrogens is 4. The predicted octanol–water partition coefficient (Wildman–Crippen LogP) is 6.06. The van der Waals surface area contributed by atoms with Crippen molar-refractivity contribution >= 4 is 29.1 Å². The van der Waals surface area contributed by atoms with Gasteiger partial charge in [-0.1, -0.05) is 12.6 Å². The Morgan fingerprint density at radius 3 is 2.63 bits per heavy atom. The number of phenolic OH excluding ortho intramolecular Hbond substituents is 1. The van der Waals surface area contributed by atoms with Gasteiger partial charge in [0.2, 0.25) is 5.88 Å². The molecule has 5 rings (SSSR count). The van der Waals surface area contributed by atoms with E-state index >= 15 is 4.39 Å². The van der Waals surface area contributed by atoms with Crippen LogP contribution in [-0.4, -0.2) is 37.7 Å². The number of halogens is 1. The van der Waals surface area contributed by atoms with Crippen LogP contribution in [0, 0.1) is 17.0 Å². The number of rotatable bonds is 6. The van der Waals surface area contributed by atoms with Crippen LogP contribution in [0.3, 0.4) is 0 Å². The number of fused-ring (bicyclic) bond motifs is 1. The highest BCUT2D eigenvalue weighted by Gasteiger charge is 2.26. The monoisotopic (exact) mass is 514 g/mol. The number of benzene rings is 2. The minimum absolute atomic E-state index is 0.0360. The number of aromatic hydroxyl groups is 1. The summed E-state index contributed by atoms with van der Waals surface area (Å²) in [6, 6.07) is 9.37. The molecule has 2 aromatic carbocycles. The zero-order chi connectivity index (χ0) is 26.9. The van der Waals surface area contributed by atoms with Crippen molar-refractivity contribution in [1.82, 2.24) is 19.7 Å². The molecule has 1 fully saturated rings. The van der Waals surface area contributed by atoms with Gasteiger partial charge in [0.25, 0.3) is 6.71 Å². The quantitative estimate of drug-likeness (QED) is 0.298. The van der Waals surface area contributed by atoms with Crippen molar-refractivity contribution in [2.45, 2.75) is 57.9 Å². The van der Waals surface area contributed by atoms with Gasteiger partial charge in [0.1, 0.15) is 23.7 Å². The minimum Gasteiger partial charge on any atom is -0.504 e. The van der Waals surface area contributed by atoms with Crippen molar-refractivity contribution in [1.29, 1.82) is 5.26 Å². The zero-order valence-electron chi connectivity index (χ0n) is 21.5. The SMILES string of the molecule is CC(C)(C)n1ccc(Oc2ccc(Nc3ncnc4cc(O)c(OC5CCB(C#N)CC5)cc34)c(F)c2)n1. The van der Waals surface area contributed by atoms with Crippen LogP contribution in [0.4, 0.5) is 15.9 Å². The van der Waals surface area contributed by atoms with Gasteiger partial charge in [0.05, 0.1) is 22.8 Å². The van der Waals surface area contributed by atoms with Crippen LogP contribution in [0.1, 0.15) is 33.6 Å². The van der Waals surface area contributed by atoms with Gasteiger partial charge in [0, 0.05) is 35.8 Å². The van der Waals surface area contributed by atoms with Gasteiger partial charge in [0.15, 0.2) is 11.5 Å². The Bertz CT molecular complexity index is 1510. The summed E-state index contributed by atoms with van der Waals surface area (Å²) in [6.07, 6.45) is 6.07. The van der Waals surface area contributed by atoms with Crippen LogP contribution in [-0.2, 0) is 5.54 Å². The molecule has 0 amide bonds. The Kier molecular flexibility index (Phi) is 6.80. The topological polar surface area (TPSA) is 118 Å². The summed E-state index contributed by atoms with van der Waals surface area (Å²) in [4.78, 5) is 8.52. The third-order valence-corrected chi connectivity index (χ3v) is 6.53. The Morgan fingerprint density at radius 2 is 1.95 bits per heavy atom. The normalized spacial score (nSPS) is 14.3. The average Bonchev–Trinajstić information content (AvgIpc) is 3.36. The molecule has 194 valence electrons. The summed E-state index contributed by atoms with van der Waals surface area (Å²) in [5.74, 6) is 3.09. The lowest BCUT2D eigenvalue weighted by Crippen LogP contribution is -2.27. The highest BCUT2D eigenvalue weighted by molar-refractivity contribution is 6.67. The largest absolute Gasteiger partial charge is 0.504 e. The molecule has 3 heterocycles. The Labute approximate surface area is 220 Å². The molecule has 0 spiro atoms. The van der Waals surface area contributed by atoms with E-state index in [1.165, 1.54) is 18.5 Å². The summed E-state index contributed by atoms with van der Waals surface area (Å²) in [5.41, 5.74) is 0.484. The molecule has 1 aliphatic heterocycles. The second-order valence-corrected chi connectivity index (χ2v) is 10.4. The second kappa shape index (κ2) is 10.2. The summed E-state index contributed by atoms with van der Waals surface area (Å²) in [5, 5.41) is 27.6. The molecule has 11 heteroatoms. The van der Waals surface area contributed by atoms with E-state index in [1.807, 2.05) is 27.0 Å². The van der Waals surface area contributed by atoms with E-state index in [0.29, 0.717) is 34.1 Å². The molecule has 1 aliphatic rings. The lowest BCUT2D eigenvalue weighted by molar-refractivity contribution is 0.181. The lowest BCUT2D eigenvalue weighted by atomic mass is 9.42. The summed E-state index contributed by atoms with van der Waals surface area (Å²) in [6.45, 7) is 6.13. The van der Waals surface area contributed by atoms with Gasteiger partial charge >= 0.3 is 0 Å².